The molecule has 0 radical (unpaired) electrons. The van der Waals surface area contributed by atoms with Crippen LogP contribution in [0.25, 0.3) is 0 Å². The zero-order valence-electron chi connectivity index (χ0n) is 22.1. The quantitative estimate of drug-likeness (QED) is 0.277. The van der Waals surface area contributed by atoms with E-state index in [0.29, 0.717) is 17.9 Å². The van der Waals surface area contributed by atoms with Crippen molar-refractivity contribution in [2.75, 3.05) is 0 Å². The monoisotopic (exact) mass is 481 g/mol. The summed E-state index contributed by atoms with van der Waals surface area (Å²) in [6.45, 7) is 5.83. The summed E-state index contributed by atoms with van der Waals surface area (Å²) < 4.78 is 15.2. The van der Waals surface area contributed by atoms with Gasteiger partial charge in [-0.3, -0.25) is 4.79 Å². The number of unbranched alkanes of at least 4 members (excludes halogenated alkanes) is 2. The van der Waals surface area contributed by atoms with Crippen molar-refractivity contribution in [3.63, 3.8) is 0 Å². The number of hydrogen-bond acceptors (Lipinski definition) is 1. The summed E-state index contributed by atoms with van der Waals surface area (Å²) in [4.78, 5) is 11.6. The van der Waals surface area contributed by atoms with Crippen LogP contribution in [0.2, 0.25) is 0 Å². The third kappa shape index (κ3) is 7.20. The number of halogens is 1. The maximum atomic E-state index is 15.2. The van der Waals surface area contributed by atoms with E-state index in [1.165, 1.54) is 88.7 Å². The van der Waals surface area contributed by atoms with Gasteiger partial charge in [0.15, 0.2) is 0 Å². The van der Waals surface area contributed by atoms with Gasteiger partial charge in [-0.1, -0.05) is 51.3 Å². The standard InChI is InChI=1S/C32H48FNO/c1-3-5-6-7-23-8-10-27(11-9-23)30-21-18-28(22-31(30)33)26-14-12-24(13-15-26)25-16-19-29(20-17-25)34-32(35)4-2/h4,18,21-27,29H,2-3,5-17,19-20H2,1H3,(H,34,35). The van der Waals surface area contributed by atoms with Gasteiger partial charge in [0, 0.05) is 6.04 Å². The van der Waals surface area contributed by atoms with E-state index in [4.69, 9.17) is 0 Å². The van der Waals surface area contributed by atoms with Crippen LogP contribution < -0.4 is 5.32 Å². The Kier molecular flexibility index (Phi) is 9.86. The van der Waals surface area contributed by atoms with Crippen molar-refractivity contribution in [2.24, 2.45) is 17.8 Å². The molecular weight excluding hydrogens is 433 g/mol. The molecule has 1 aromatic carbocycles. The van der Waals surface area contributed by atoms with E-state index in [-0.39, 0.29) is 11.7 Å². The van der Waals surface area contributed by atoms with E-state index >= 15 is 4.39 Å². The smallest absolute Gasteiger partial charge is 0.243 e. The number of carbonyl (C=O) groups excluding carboxylic acids is 1. The first kappa shape index (κ1) is 26.4. The predicted octanol–water partition coefficient (Wildman–Crippen LogP) is 8.81. The molecule has 0 spiro atoms. The molecule has 0 saturated heterocycles. The Morgan fingerprint density at radius 1 is 0.914 bits per heavy atom. The second-order valence-corrected chi connectivity index (χ2v) is 11.9. The molecule has 194 valence electrons. The molecule has 3 fully saturated rings. The normalized spacial score (nSPS) is 31.6. The molecule has 0 unspecified atom stereocenters. The maximum absolute atomic E-state index is 15.2. The number of amides is 1. The number of hydrogen-bond donors (Lipinski definition) is 1. The minimum atomic E-state index is -0.0395. The zero-order valence-corrected chi connectivity index (χ0v) is 22.1. The van der Waals surface area contributed by atoms with Gasteiger partial charge in [0.1, 0.15) is 5.82 Å². The van der Waals surface area contributed by atoms with Gasteiger partial charge in [-0.15, -0.1) is 0 Å². The SMILES string of the molecule is C=CC(=O)NC1CCC(C2CCC(c3ccc(C4CCC(CCCCC)CC4)c(F)c3)CC2)CC1. The van der Waals surface area contributed by atoms with Crippen LogP contribution in [0.5, 0.6) is 0 Å². The summed E-state index contributed by atoms with van der Waals surface area (Å²) >= 11 is 0. The van der Waals surface area contributed by atoms with E-state index in [0.717, 1.165) is 49.0 Å². The second kappa shape index (κ2) is 13.1. The average molecular weight is 482 g/mol. The van der Waals surface area contributed by atoms with Gasteiger partial charge < -0.3 is 5.32 Å². The van der Waals surface area contributed by atoms with E-state index < -0.39 is 0 Å². The van der Waals surface area contributed by atoms with Crippen molar-refractivity contribution in [1.29, 1.82) is 0 Å². The van der Waals surface area contributed by atoms with Crippen LogP contribution in [0.15, 0.2) is 30.9 Å². The molecule has 2 nitrogen and oxygen atoms in total. The third-order valence-corrected chi connectivity index (χ3v) is 9.74. The zero-order chi connectivity index (χ0) is 24.6. The van der Waals surface area contributed by atoms with Crippen molar-refractivity contribution in [3.8, 4) is 0 Å². The van der Waals surface area contributed by atoms with Crippen molar-refractivity contribution in [3.05, 3.63) is 47.8 Å². The first-order valence-electron chi connectivity index (χ1n) is 14.8. The predicted molar refractivity (Wildman–Crippen MR) is 144 cm³/mol. The highest BCUT2D eigenvalue weighted by atomic mass is 19.1. The molecule has 0 aromatic heterocycles. The fraction of sp³-hybridized carbons (Fsp3) is 0.719. The molecule has 1 aromatic rings. The molecule has 1 amide bonds. The lowest BCUT2D eigenvalue weighted by atomic mass is 9.69. The lowest BCUT2D eigenvalue weighted by Gasteiger charge is -2.38. The summed E-state index contributed by atoms with van der Waals surface area (Å²) in [5.74, 6) is 3.43. The van der Waals surface area contributed by atoms with Gasteiger partial charge in [-0.25, -0.2) is 4.39 Å². The van der Waals surface area contributed by atoms with Crippen LogP contribution in [-0.4, -0.2) is 11.9 Å². The maximum Gasteiger partial charge on any atom is 0.243 e. The first-order valence-corrected chi connectivity index (χ1v) is 14.8. The highest BCUT2D eigenvalue weighted by molar-refractivity contribution is 5.87. The van der Waals surface area contributed by atoms with E-state index in [1.54, 1.807) is 0 Å². The lowest BCUT2D eigenvalue weighted by molar-refractivity contribution is -0.117. The molecule has 4 rings (SSSR count). The topological polar surface area (TPSA) is 29.1 Å². The van der Waals surface area contributed by atoms with Crippen LogP contribution in [0, 0.1) is 23.6 Å². The highest BCUT2D eigenvalue weighted by Gasteiger charge is 2.32. The van der Waals surface area contributed by atoms with Crippen LogP contribution in [-0.2, 0) is 4.79 Å². The second-order valence-electron chi connectivity index (χ2n) is 11.9. The summed E-state index contributed by atoms with van der Waals surface area (Å²) in [6, 6.07) is 6.61. The number of nitrogens with one attached hydrogen (secondary N) is 1. The van der Waals surface area contributed by atoms with Crippen molar-refractivity contribution >= 4 is 5.91 Å². The van der Waals surface area contributed by atoms with Gasteiger partial charge in [0.2, 0.25) is 5.91 Å². The fourth-order valence-corrected chi connectivity index (χ4v) is 7.49. The van der Waals surface area contributed by atoms with Crippen LogP contribution in [0.4, 0.5) is 4.39 Å². The van der Waals surface area contributed by atoms with Crippen molar-refractivity contribution in [1.82, 2.24) is 5.32 Å². The lowest BCUT2D eigenvalue weighted by Crippen LogP contribution is -2.38. The number of benzene rings is 1. The molecule has 3 aliphatic carbocycles. The Morgan fingerprint density at radius 2 is 1.54 bits per heavy atom. The van der Waals surface area contributed by atoms with Crippen LogP contribution >= 0.6 is 0 Å². The molecule has 0 heterocycles. The Labute approximate surface area is 213 Å². The summed E-state index contributed by atoms with van der Waals surface area (Å²) in [6.07, 6.45) is 21.2. The molecule has 1 N–H and O–H groups in total. The first-order chi connectivity index (χ1) is 17.1. The summed E-state index contributed by atoms with van der Waals surface area (Å²) in [7, 11) is 0. The Balaban J connectivity index is 1.22. The van der Waals surface area contributed by atoms with E-state index in [9.17, 15) is 4.79 Å². The van der Waals surface area contributed by atoms with Crippen molar-refractivity contribution < 1.29 is 9.18 Å². The van der Waals surface area contributed by atoms with E-state index in [2.05, 4.69) is 31.0 Å². The van der Waals surface area contributed by atoms with Gasteiger partial charge in [0.25, 0.3) is 0 Å². The highest BCUT2D eigenvalue weighted by Crippen LogP contribution is 2.44. The number of carbonyl (C=O) groups is 1. The van der Waals surface area contributed by atoms with Gasteiger partial charge >= 0.3 is 0 Å². The third-order valence-electron chi connectivity index (χ3n) is 9.74. The summed E-state index contributed by atoms with van der Waals surface area (Å²) in [5, 5.41) is 3.07. The minimum Gasteiger partial charge on any atom is -0.350 e. The molecule has 0 aliphatic heterocycles. The molecule has 3 saturated carbocycles. The van der Waals surface area contributed by atoms with Gasteiger partial charge in [-0.05, 0) is 130 Å². The molecule has 0 atom stereocenters. The molecular formula is C32H48FNO. The molecule has 3 heteroatoms. The van der Waals surface area contributed by atoms with Gasteiger partial charge in [0.05, 0.1) is 0 Å². The average Bonchev–Trinajstić information content (AvgIpc) is 2.90. The Morgan fingerprint density at radius 3 is 2.14 bits per heavy atom. The Bertz CT molecular complexity index is 811. The van der Waals surface area contributed by atoms with Gasteiger partial charge in [-0.2, -0.15) is 0 Å². The minimum absolute atomic E-state index is 0.0395. The van der Waals surface area contributed by atoms with Crippen molar-refractivity contribution in [2.45, 2.75) is 128 Å². The van der Waals surface area contributed by atoms with Crippen LogP contribution in [0.3, 0.4) is 0 Å². The molecule has 35 heavy (non-hydrogen) atoms. The van der Waals surface area contributed by atoms with E-state index in [1.807, 2.05) is 6.07 Å². The molecule has 0 bridgehead atoms. The van der Waals surface area contributed by atoms with Crippen LogP contribution in [0.1, 0.15) is 133 Å². The number of rotatable bonds is 9. The summed E-state index contributed by atoms with van der Waals surface area (Å²) in [5.41, 5.74) is 2.21. The fourth-order valence-electron chi connectivity index (χ4n) is 7.49. The Hall–Kier alpha value is -1.64. The largest absolute Gasteiger partial charge is 0.350 e. The molecule has 3 aliphatic rings.